The number of carbonyl (C=O) groups is 1. The number of nitrogens with one attached hydrogen (secondary N) is 1. The highest BCUT2D eigenvalue weighted by atomic mass is 32.2. The predicted molar refractivity (Wildman–Crippen MR) is 79.8 cm³/mol. The van der Waals surface area contributed by atoms with Crippen LogP contribution < -0.4 is 11.2 Å². The van der Waals surface area contributed by atoms with Crippen molar-refractivity contribution >= 4 is 17.7 Å². The zero-order valence-electron chi connectivity index (χ0n) is 12.3. The molecule has 112 valence electrons. The zero-order chi connectivity index (χ0) is 14.7. The Morgan fingerprint density at radius 3 is 2.75 bits per heavy atom. The van der Waals surface area contributed by atoms with Crippen molar-refractivity contribution in [1.82, 2.24) is 20.2 Å². The van der Waals surface area contributed by atoms with Gasteiger partial charge in [-0.2, -0.15) is 0 Å². The highest BCUT2D eigenvalue weighted by Gasteiger charge is 2.26. The van der Waals surface area contributed by atoms with Gasteiger partial charge in [-0.3, -0.25) is 4.79 Å². The fourth-order valence-corrected chi connectivity index (χ4v) is 3.30. The number of aryl methyl sites for hydroxylation is 1. The van der Waals surface area contributed by atoms with Crippen LogP contribution in [0.25, 0.3) is 0 Å². The van der Waals surface area contributed by atoms with Gasteiger partial charge >= 0.3 is 0 Å². The maximum atomic E-state index is 12.2. The topological polar surface area (TPSA) is 85.8 Å². The summed E-state index contributed by atoms with van der Waals surface area (Å²) >= 11 is 1.34. The molecular weight excluding hydrogens is 274 g/mol. The predicted octanol–water partition coefficient (Wildman–Crippen LogP) is 1.48. The van der Waals surface area contributed by atoms with Crippen molar-refractivity contribution in [2.45, 2.75) is 62.9 Å². The summed E-state index contributed by atoms with van der Waals surface area (Å²) in [5.41, 5.74) is 0. The number of hydrogen-bond donors (Lipinski definition) is 2. The third kappa shape index (κ3) is 3.45. The summed E-state index contributed by atoms with van der Waals surface area (Å²) in [4.78, 5) is 12.2. The molecule has 3 atom stereocenters. The lowest BCUT2D eigenvalue weighted by Crippen LogP contribution is -2.44. The SMILES string of the molecule is Cc1nnc(S[C@H](C)C(=O)N[C@H]2CCCC[C@@H]2C)n1N. The molecule has 0 unspecified atom stereocenters. The van der Waals surface area contributed by atoms with E-state index in [1.54, 1.807) is 6.92 Å². The smallest absolute Gasteiger partial charge is 0.233 e. The largest absolute Gasteiger partial charge is 0.352 e. The van der Waals surface area contributed by atoms with Crippen molar-refractivity contribution < 1.29 is 4.79 Å². The third-order valence-electron chi connectivity index (χ3n) is 3.93. The summed E-state index contributed by atoms with van der Waals surface area (Å²) in [6.45, 7) is 5.87. The van der Waals surface area contributed by atoms with Crippen LogP contribution in [-0.2, 0) is 4.79 Å². The van der Waals surface area contributed by atoms with E-state index in [0.29, 0.717) is 22.9 Å². The number of aromatic nitrogens is 3. The molecule has 1 aliphatic rings. The summed E-state index contributed by atoms with van der Waals surface area (Å²) in [7, 11) is 0. The minimum atomic E-state index is -0.227. The van der Waals surface area contributed by atoms with E-state index in [2.05, 4.69) is 22.4 Å². The van der Waals surface area contributed by atoms with E-state index in [-0.39, 0.29) is 11.2 Å². The fraction of sp³-hybridized carbons (Fsp3) is 0.769. The van der Waals surface area contributed by atoms with Crippen molar-refractivity contribution in [1.29, 1.82) is 0 Å². The Labute approximate surface area is 123 Å². The van der Waals surface area contributed by atoms with E-state index in [9.17, 15) is 4.79 Å². The minimum Gasteiger partial charge on any atom is -0.352 e. The molecule has 1 aliphatic carbocycles. The maximum Gasteiger partial charge on any atom is 0.233 e. The van der Waals surface area contributed by atoms with Crippen molar-refractivity contribution in [2.75, 3.05) is 5.84 Å². The van der Waals surface area contributed by atoms with Gasteiger partial charge in [-0.25, -0.2) is 4.68 Å². The van der Waals surface area contributed by atoms with Crippen LogP contribution in [0.3, 0.4) is 0 Å². The van der Waals surface area contributed by atoms with Crippen LogP contribution in [0.2, 0.25) is 0 Å². The van der Waals surface area contributed by atoms with Crippen LogP contribution in [0.1, 0.15) is 45.4 Å². The Bertz CT molecular complexity index is 475. The molecule has 0 radical (unpaired) electrons. The summed E-state index contributed by atoms with van der Waals surface area (Å²) in [6.07, 6.45) is 4.75. The Balaban J connectivity index is 1.90. The molecule has 1 aromatic rings. The molecule has 1 fully saturated rings. The lowest BCUT2D eigenvalue weighted by molar-refractivity contribution is -0.121. The number of carbonyl (C=O) groups excluding carboxylic acids is 1. The van der Waals surface area contributed by atoms with Gasteiger partial charge in [0.1, 0.15) is 5.82 Å². The zero-order valence-corrected chi connectivity index (χ0v) is 13.1. The Morgan fingerprint density at radius 1 is 1.45 bits per heavy atom. The molecule has 1 aromatic heterocycles. The average molecular weight is 297 g/mol. The van der Waals surface area contributed by atoms with Crippen LogP contribution >= 0.6 is 11.8 Å². The third-order valence-corrected chi connectivity index (χ3v) is 4.98. The highest BCUT2D eigenvalue weighted by molar-refractivity contribution is 8.00. The van der Waals surface area contributed by atoms with Crippen LogP contribution in [0, 0.1) is 12.8 Å². The van der Waals surface area contributed by atoms with Crippen molar-refractivity contribution in [3.05, 3.63) is 5.82 Å². The molecule has 1 saturated carbocycles. The molecule has 1 heterocycles. The second kappa shape index (κ2) is 6.47. The van der Waals surface area contributed by atoms with Gasteiger partial charge < -0.3 is 11.2 Å². The average Bonchev–Trinajstić information content (AvgIpc) is 2.73. The second-order valence-corrected chi connectivity index (χ2v) is 6.84. The number of thioether (sulfide) groups is 1. The van der Waals surface area contributed by atoms with Crippen LogP contribution in [-0.4, -0.2) is 32.1 Å². The van der Waals surface area contributed by atoms with Crippen molar-refractivity contribution in [3.63, 3.8) is 0 Å². The van der Waals surface area contributed by atoms with E-state index < -0.39 is 0 Å². The molecule has 2 rings (SSSR count). The van der Waals surface area contributed by atoms with Gasteiger partial charge in [0.15, 0.2) is 0 Å². The number of nitrogen functional groups attached to an aromatic ring is 1. The quantitative estimate of drug-likeness (QED) is 0.649. The molecule has 0 aliphatic heterocycles. The molecular formula is C13H23N5OS. The Morgan fingerprint density at radius 2 is 2.15 bits per heavy atom. The van der Waals surface area contributed by atoms with Crippen LogP contribution in [0.15, 0.2) is 5.16 Å². The molecule has 20 heavy (non-hydrogen) atoms. The number of amides is 1. The fourth-order valence-electron chi connectivity index (χ4n) is 2.47. The van der Waals surface area contributed by atoms with Gasteiger partial charge in [0.2, 0.25) is 11.1 Å². The van der Waals surface area contributed by atoms with E-state index in [1.165, 1.54) is 35.7 Å². The Hall–Kier alpha value is -1.24. The molecule has 1 amide bonds. The molecule has 6 nitrogen and oxygen atoms in total. The second-order valence-electron chi connectivity index (χ2n) is 5.54. The van der Waals surface area contributed by atoms with E-state index in [0.717, 1.165) is 6.42 Å². The lowest BCUT2D eigenvalue weighted by Gasteiger charge is -2.30. The van der Waals surface area contributed by atoms with Gasteiger partial charge in [-0.05, 0) is 32.6 Å². The number of hydrogen-bond acceptors (Lipinski definition) is 5. The first-order chi connectivity index (χ1) is 9.49. The highest BCUT2D eigenvalue weighted by Crippen LogP contribution is 2.25. The first-order valence-electron chi connectivity index (χ1n) is 7.13. The van der Waals surface area contributed by atoms with E-state index >= 15 is 0 Å². The van der Waals surface area contributed by atoms with Crippen molar-refractivity contribution in [2.24, 2.45) is 5.92 Å². The van der Waals surface area contributed by atoms with E-state index in [4.69, 9.17) is 5.84 Å². The molecule has 0 aromatic carbocycles. The number of nitrogens with two attached hydrogens (primary N) is 1. The summed E-state index contributed by atoms with van der Waals surface area (Å²) in [6, 6.07) is 0.303. The Kier molecular flexibility index (Phi) is 4.91. The summed E-state index contributed by atoms with van der Waals surface area (Å²) in [5, 5.41) is 11.4. The number of rotatable bonds is 4. The molecule has 7 heteroatoms. The number of nitrogens with zero attached hydrogens (tertiary/aromatic N) is 3. The molecule has 0 saturated heterocycles. The summed E-state index contributed by atoms with van der Waals surface area (Å²) in [5.74, 6) is 7.05. The van der Waals surface area contributed by atoms with Gasteiger partial charge in [-0.15, -0.1) is 10.2 Å². The van der Waals surface area contributed by atoms with Crippen LogP contribution in [0.4, 0.5) is 0 Å². The standard InChI is InChI=1S/C13H23N5OS/c1-8-6-4-5-7-11(8)15-12(19)9(2)20-13-17-16-10(3)18(13)14/h8-9,11H,4-7,14H2,1-3H3,(H,15,19)/t8-,9+,11-/m0/s1. The van der Waals surface area contributed by atoms with Gasteiger partial charge in [0, 0.05) is 6.04 Å². The molecule has 0 bridgehead atoms. The minimum absolute atomic E-state index is 0.0504. The molecule has 0 spiro atoms. The maximum absolute atomic E-state index is 12.2. The van der Waals surface area contributed by atoms with Crippen molar-refractivity contribution in [3.8, 4) is 0 Å². The lowest BCUT2D eigenvalue weighted by atomic mass is 9.86. The molecule has 3 N–H and O–H groups in total. The first-order valence-corrected chi connectivity index (χ1v) is 8.01. The normalized spacial score (nSPS) is 24.4. The van der Waals surface area contributed by atoms with Gasteiger partial charge in [-0.1, -0.05) is 31.5 Å². The van der Waals surface area contributed by atoms with E-state index in [1.807, 2.05) is 6.92 Å². The monoisotopic (exact) mass is 297 g/mol. The van der Waals surface area contributed by atoms with Crippen LogP contribution in [0.5, 0.6) is 0 Å². The van der Waals surface area contributed by atoms with Gasteiger partial charge in [0.05, 0.1) is 5.25 Å². The first kappa shape index (κ1) is 15.2. The van der Waals surface area contributed by atoms with Gasteiger partial charge in [0.25, 0.3) is 0 Å². The summed E-state index contributed by atoms with van der Waals surface area (Å²) < 4.78 is 1.41.